The van der Waals surface area contributed by atoms with E-state index in [4.69, 9.17) is 5.73 Å². The van der Waals surface area contributed by atoms with Crippen molar-refractivity contribution < 1.29 is 0 Å². The third kappa shape index (κ3) is 6.12. The summed E-state index contributed by atoms with van der Waals surface area (Å²) >= 11 is 1.75. The first-order valence-corrected chi connectivity index (χ1v) is 8.33. The van der Waals surface area contributed by atoms with Gasteiger partial charge in [-0.3, -0.25) is 4.99 Å². The molecule has 0 aliphatic carbocycles. The quantitative estimate of drug-likeness (QED) is 0.403. The van der Waals surface area contributed by atoms with Gasteiger partial charge in [0.2, 0.25) is 0 Å². The molecule has 1 heterocycles. The third-order valence-electron chi connectivity index (χ3n) is 3.54. The Labute approximate surface area is 159 Å². The Morgan fingerprint density at radius 1 is 1.30 bits per heavy atom. The summed E-state index contributed by atoms with van der Waals surface area (Å²) in [6, 6.07) is 12.7. The number of halogens is 1. The second-order valence-electron chi connectivity index (χ2n) is 5.40. The smallest absolute Gasteiger partial charge is 0.193 e. The van der Waals surface area contributed by atoms with Crippen LogP contribution in [0.1, 0.15) is 23.4 Å². The van der Waals surface area contributed by atoms with Crippen molar-refractivity contribution in [3.8, 4) is 0 Å². The maximum atomic E-state index is 6.02. The molecule has 0 aliphatic heterocycles. The van der Waals surface area contributed by atoms with Crippen molar-refractivity contribution in [3.63, 3.8) is 0 Å². The van der Waals surface area contributed by atoms with Crippen LogP contribution in [0.2, 0.25) is 0 Å². The number of nitrogens with two attached hydrogens (primary N) is 1. The van der Waals surface area contributed by atoms with Crippen LogP contribution in [0.5, 0.6) is 0 Å². The molecule has 3 N–H and O–H groups in total. The van der Waals surface area contributed by atoms with E-state index in [1.807, 2.05) is 12.1 Å². The number of hydrogen-bond donors (Lipinski definition) is 2. The Morgan fingerprint density at radius 3 is 2.70 bits per heavy atom. The summed E-state index contributed by atoms with van der Waals surface area (Å²) < 4.78 is 0. The number of nitrogens with one attached hydrogen (secondary N) is 1. The molecule has 23 heavy (non-hydrogen) atoms. The van der Waals surface area contributed by atoms with Gasteiger partial charge in [0, 0.05) is 10.6 Å². The predicted molar refractivity (Wildman–Crippen MR) is 112 cm³/mol. The Morgan fingerprint density at radius 2 is 2.09 bits per heavy atom. The van der Waals surface area contributed by atoms with Gasteiger partial charge in [0.1, 0.15) is 0 Å². The first kappa shape index (κ1) is 19.9. The first-order valence-electron chi connectivity index (χ1n) is 7.46. The molecule has 2 rings (SSSR count). The number of thiophene rings is 1. The molecule has 1 aromatic carbocycles. The molecular formula is C17H25IN4S. The highest BCUT2D eigenvalue weighted by molar-refractivity contribution is 14.0. The van der Waals surface area contributed by atoms with Crippen LogP contribution in [0.25, 0.3) is 0 Å². The molecule has 4 nitrogen and oxygen atoms in total. The normalized spacial score (nSPS) is 12.8. The van der Waals surface area contributed by atoms with Crippen LogP contribution in [0.4, 0.5) is 5.69 Å². The molecule has 0 fully saturated rings. The SMILES string of the molecule is CCc1cccc(NC(N)=NCC(c2cccs2)N(C)C)c1.I. The summed E-state index contributed by atoms with van der Waals surface area (Å²) in [5, 5.41) is 5.26. The van der Waals surface area contributed by atoms with Gasteiger partial charge in [-0.1, -0.05) is 25.1 Å². The van der Waals surface area contributed by atoms with Gasteiger partial charge < -0.3 is 16.0 Å². The Balaban J connectivity index is 0.00000264. The highest BCUT2D eigenvalue weighted by Crippen LogP contribution is 2.23. The number of benzene rings is 1. The zero-order valence-corrected chi connectivity index (χ0v) is 17.0. The van der Waals surface area contributed by atoms with E-state index in [1.165, 1.54) is 10.4 Å². The van der Waals surface area contributed by atoms with Crippen LogP contribution in [0, 0.1) is 0 Å². The fourth-order valence-corrected chi connectivity index (χ4v) is 3.14. The van der Waals surface area contributed by atoms with E-state index >= 15 is 0 Å². The van der Waals surface area contributed by atoms with E-state index < -0.39 is 0 Å². The zero-order chi connectivity index (χ0) is 15.9. The largest absolute Gasteiger partial charge is 0.370 e. The zero-order valence-electron chi connectivity index (χ0n) is 13.8. The highest BCUT2D eigenvalue weighted by Gasteiger charge is 2.14. The van der Waals surface area contributed by atoms with Crippen LogP contribution in [0.15, 0.2) is 46.8 Å². The lowest BCUT2D eigenvalue weighted by molar-refractivity contribution is 0.311. The van der Waals surface area contributed by atoms with Gasteiger partial charge in [-0.25, -0.2) is 0 Å². The lowest BCUT2D eigenvalue weighted by Crippen LogP contribution is -2.26. The topological polar surface area (TPSA) is 53.6 Å². The summed E-state index contributed by atoms with van der Waals surface area (Å²) in [7, 11) is 4.13. The fourth-order valence-electron chi connectivity index (χ4n) is 2.23. The van der Waals surface area contributed by atoms with Crippen LogP contribution in [-0.2, 0) is 6.42 Å². The lowest BCUT2D eigenvalue weighted by Gasteiger charge is -2.21. The van der Waals surface area contributed by atoms with Crippen LogP contribution >= 0.6 is 35.3 Å². The van der Waals surface area contributed by atoms with E-state index in [0.717, 1.165) is 12.1 Å². The minimum Gasteiger partial charge on any atom is -0.370 e. The van der Waals surface area contributed by atoms with Crippen molar-refractivity contribution >= 4 is 47.0 Å². The molecule has 0 spiro atoms. The minimum absolute atomic E-state index is 0. The van der Waals surface area contributed by atoms with Gasteiger partial charge in [0.15, 0.2) is 5.96 Å². The number of rotatable bonds is 6. The van der Waals surface area contributed by atoms with Crippen LogP contribution in [0.3, 0.4) is 0 Å². The molecule has 0 saturated carbocycles. The van der Waals surface area contributed by atoms with E-state index in [0.29, 0.717) is 12.5 Å². The Hall–Kier alpha value is -1.12. The number of likely N-dealkylation sites (N-methyl/N-ethyl adjacent to an activating group) is 1. The van der Waals surface area contributed by atoms with Gasteiger partial charge in [0.25, 0.3) is 0 Å². The summed E-state index contributed by atoms with van der Waals surface area (Å²) in [6.45, 7) is 2.78. The molecule has 0 aliphatic rings. The molecule has 2 aromatic rings. The summed E-state index contributed by atoms with van der Waals surface area (Å²) in [4.78, 5) is 7.97. The molecule has 126 valence electrons. The monoisotopic (exact) mass is 444 g/mol. The van der Waals surface area contributed by atoms with Crippen molar-refractivity contribution in [2.75, 3.05) is 26.0 Å². The van der Waals surface area contributed by atoms with Gasteiger partial charge in [0.05, 0.1) is 12.6 Å². The maximum Gasteiger partial charge on any atom is 0.193 e. The molecular weight excluding hydrogens is 419 g/mol. The van der Waals surface area contributed by atoms with E-state index in [1.54, 1.807) is 11.3 Å². The average Bonchev–Trinajstić information content (AvgIpc) is 3.01. The van der Waals surface area contributed by atoms with E-state index in [9.17, 15) is 0 Å². The van der Waals surface area contributed by atoms with Crippen LogP contribution in [-0.4, -0.2) is 31.5 Å². The second-order valence-corrected chi connectivity index (χ2v) is 6.38. The molecule has 0 bridgehead atoms. The number of guanidine groups is 1. The van der Waals surface area contributed by atoms with Crippen molar-refractivity contribution in [2.24, 2.45) is 10.7 Å². The second kappa shape index (κ2) is 9.89. The first-order chi connectivity index (χ1) is 10.6. The summed E-state index contributed by atoms with van der Waals surface area (Å²) in [5.74, 6) is 0.455. The molecule has 0 saturated heterocycles. The number of hydrogen-bond acceptors (Lipinski definition) is 3. The van der Waals surface area contributed by atoms with Gasteiger partial charge in [-0.2, -0.15) is 0 Å². The van der Waals surface area contributed by atoms with Crippen molar-refractivity contribution in [1.82, 2.24) is 4.90 Å². The molecule has 1 aromatic heterocycles. The number of aliphatic imine (C=N–C) groups is 1. The summed E-state index contributed by atoms with van der Waals surface area (Å²) in [5.41, 5.74) is 8.29. The van der Waals surface area contributed by atoms with Crippen molar-refractivity contribution in [1.29, 1.82) is 0 Å². The fraction of sp³-hybridized carbons (Fsp3) is 0.353. The summed E-state index contributed by atoms with van der Waals surface area (Å²) in [6.07, 6.45) is 1.01. The molecule has 6 heteroatoms. The predicted octanol–water partition coefficient (Wildman–Crippen LogP) is 3.96. The van der Waals surface area contributed by atoms with Gasteiger partial charge in [-0.05, 0) is 49.7 Å². The third-order valence-corrected chi connectivity index (χ3v) is 4.51. The maximum absolute atomic E-state index is 6.02. The van der Waals surface area contributed by atoms with Gasteiger partial charge >= 0.3 is 0 Å². The molecule has 0 amide bonds. The van der Waals surface area contributed by atoms with Crippen molar-refractivity contribution in [2.45, 2.75) is 19.4 Å². The minimum atomic E-state index is 0. The van der Waals surface area contributed by atoms with E-state index in [-0.39, 0.29) is 30.0 Å². The number of aryl methyl sites for hydroxylation is 1. The molecule has 1 unspecified atom stereocenters. The van der Waals surface area contributed by atoms with Crippen LogP contribution < -0.4 is 11.1 Å². The standard InChI is InChI=1S/C17H24N4S.HI/c1-4-13-7-5-8-14(11-13)20-17(18)19-12-15(21(2)3)16-9-6-10-22-16;/h5-11,15H,4,12H2,1-3H3,(H3,18,19,20);1H. The molecule has 1 atom stereocenters. The van der Waals surface area contributed by atoms with Crippen molar-refractivity contribution in [3.05, 3.63) is 52.2 Å². The number of anilines is 1. The highest BCUT2D eigenvalue weighted by atomic mass is 127. The lowest BCUT2D eigenvalue weighted by atomic mass is 10.1. The average molecular weight is 444 g/mol. The Bertz CT molecular complexity index is 611. The molecule has 0 radical (unpaired) electrons. The van der Waals surface area contributed by atoms with Gasteiger partial charge in [-0.15, -0.1) is 35.3 Å². The Kier molecular flexibility index (Phi) is 8.57. The van der Waals surface area contributed by atoms with E-state index in [2.05, 4.69) is 65.9 Å². The number of nitrogens with zero attached hydrogens (tertiary/aromatic N) is 2.